The van der Waals surface area contributed by atoms with Crippen molar-refractivity contribution < 1.29 is 14.3 Å². The van der Waals surface area contributed by atoms with Gasteiger partial charge in [-0.25, -0.2) is 0 Å². The first-order valence-electron chi connectivity index (χ1n) is 5.64. The zero-order chi connectivity index (χ0) is 13.3. The summed E-state index contributed by atoms with van der Waals surface area (Å²) < 4.78 is 5.05. The zero-order valence-corrected chi connectivity index (χ0v) is 11.3. The van der Waals surface area contributed by atoms with E-state index in [-0.39, 0.29) is 25.2 Å². The topological polar surface area (TPSA) is 43.4 Å². The van der Waals surface area contributed by atoms with Crippen LogP contribution in [0.5, 0.6) is 0 Å². The number of halogens is 2. The Morgan fingerprint density at radius 1 is 1.39 bits per heavy atom. The molecule has 96 valence electrons. The Hall–Kier alpha value is -1.06. The van der Waals surface area contributed by atoms with Gasteiger partial charge in [0.25, 0.3) is 0 Å². The SMILES string of the molecule is CCOC(=O)C1(c2cccc(Cl)c2Cl)CC(=O)C1. The number of ketones is 1. The van der Waals surface area contributed by atoms with Gasteiger partial charge in [0.15, 0.2) is 0 Å². The van der Waals surface area contributed by atoms with E-state index in [0.717, 1.165) is 0 Å². The lowest BCUT2D eigenvalue weighted by Crippen LogP contribution is -2.49. The van der Waals surface area contributed by atoms with E-state index in [1.54, 1.807) is 25.1 Å². The number of benzene rings is 1. The molecule has 0 atom stereocenters. The molecule has 0 radical (unpaired) electrons. The minimum atomic E-state index is -0.949. The van der Waals surface area contributed by atoms with Crippen molar-refractivity contribution in [3.05, 3.63) is 33.8 Å². The van der Waals surface area contributed by atoms with Crippen molar-refractivity contribution >= 4 is 35.0 Å². The second kappa shape index (κ2) is 4.90. The molecule has 0 bridgehead atoms. The molecule has 1 saturated carbocycles. The largest absolute Gasteiger partial charge is 0.465 e. The van der Waals surface area contributed by atoms with E-state index in [1.165, 1.54) is 0 Å². The van der Waals surface area contributed by atoms with Crippen molar-refractivity contribution in [3.63, 3.8) is 0 Å². The molecule has 2 rings (SSSR count). The van der Waals surface area contributed by atoms with Gasteiger partial charge in [0.2, 0.25) is 0 Å². The van der Waals surface area contributed by atoms with Crippen LogP contribution in [-0.4, -0.2) is 18.4 Å². The second-order valence-electron chi connectivity index (χ2n) is 4.30. The van der Waals surface area contributed by atoms with Gasteiger partial charge in [0.05, 0.1) is 16.7 Å². The van der Waals surface area contributed by atoms with Crippen LogP contribution < -0.4 is 0 Å². The predicted molar refractivity (Wildman–Crippen MR) is 69.0 cm³/mol. The van der Waals surface area contributed by atoms with Crippen molar-refractivity contribution in [2.45, 2.75) is 25.2 Å². The molecule has 5 heteroatoms. The van der Waals surface area contributed by atoms with Gasteiger partial charge in [-0.2, -0.15) is 0 Å². The number of Topliss-reactive ketones (excluding diaryl/α,β-unsaturated/α-hetero) is 1. The van der Waals surface area contributed by atoms with Gasteiger partial charge in [0, 0.05) is 12.8 Å². The summed E-state index contributed by atoms with van der Waals surface area (Å²) >= 11 is 12.1. The minimum absolute atomic E-state index is 0.0269. The Kier molecular flexibility index (Phi) is 3.64. The molecule has 1 aliphatic carbocycles. The highest BCUT2D eigenvalue weighted by atomic mass is 35.5. The van der Waals surface area contributed by atoms with E-state index in [9.17, 15) is 9.59 Å². The van der Waals surface area contributed by atoms with Crippen LogP contribution in [0.25, 0.3) is 0 Å². The maximum absolute atomic E-state index is 12.1. The summed E-state index contributed by atoms with van der Waals surface area (Å²) in [5, 5.41) is 0.692. The van der Waals surface area contributed by atoms with E-state index in [1.807, 2.05) is 0 Å². The van der Waals surface area contributed by atoms with E-state index in [4.69, 9.17) is 27.9 Å². The Morgan fingerprint density at radius 2 is 2.06 bits per heavy atom. The molecule has 0 heterocycles. The Morgan fingerprint density at radius 3 is 2.61 bits per heavy atom. The predicted octanol–water partition coefficient (Wildman–Crippen LogP) is 3.16. The van der Waals surface area contributed by atoms with Gasteiger partial charge < -0.3 is 4.74 Å². The Balaban J connectivity index is 2.45. The molecule has 0 aromatic heterocycles. The third kappa shape index (κ3) is 2.02. The molecule has 3 nitrogen and oxygen atoms in total. The average molecular weight is 287 g/mol. The van der Waals surface area contributed by atoms with Gasteiger partial charge in [-0.1, -0.05) is 35.3 Å². The van der Waals surface area contributed by atoms with Gasteiger partial charge in [-0.3, -0.25) is 9.59 Å². The molecule has 1 aromatic rings. The number of carbonyl (C=O) groups is 2. The fourth-order valence-electron chi connectivity index (χ4n) is 2.21. The molecule has 0 saturated heterocycles. The minimum Gasteiger partial charge on any atom is -0.465 e. The van der Waals surface area contributed by atoms with Crippen LogP contribution in [0, 0.1) is 0 Å². The van der Waals surface area contributed by atoms with Crippen LogP contribution in [0.15, 0.2) is 18.2 Å². The van der Waals surface area contributed by atoms with Crippen molar-refractivity contribution in [1.82, 2.24) is 0 Å². The van der Waals surface area contributed by atoms with E-state index in [2.05, 4.69) is 0 Å². The van der Waals surface area contributed by atoms with Crippen LogP contribution in [-0.2, 0) is 19.7 Å². The van der Waals surface area contributed by atoms with Crippen LogP contribution >= 0.6 is 23.2 Å². The average Bonchev–Trinajstić information content (AvgIpc) is 2.29. The van der Waals surface area contributed by atoms with Crippen LogP contribution in [0.4, 0.5) is 0 Å². The summed E-state index contributed by atoms with van der Waals surface area (Å²) in [7, 11) is 0. The molecule has 1 aliphatic rings. The maximum Gasteiger partial charge on any atom is 0.317 e. The Bertz CT molecular complexity index is 503. The Labute approximate surface area is 115 Å². The molecule has 1 fully saturated rings. The summed E-state index contributed by atoms with van der Waals surface area (Å²) in [5.74, 6) is -0.382. The zero-order valence-electron chi connectivity index (χ0n) is 9.83. The van der Waals surface area contributed by atoms with Crippen molar-refractivity contribution in [3.8, 4) is 0 Å². The monoisotopic (exact) mass is 286 g/mol. The third-order valence-electron chi connectivity index (χ3n) is 3.13. The summed E-state index contributed by atoms with van der Waals surface area (Å²) in [6, 6.07) is 5.08. The van der Waals surface area contributed by atoms with Crippen LogP contribution in [0.2, 0.25) is 10.0 Å². The molecule has 0 spiro atoms. The maximum atomic E-state index is 12.1. The van der Waals surface area contributed by atoms with E-state index < -0.39 is 11.4 Å². The quantitative estimate of drug-likeness (QED) is 0.802. The first-order chi connectivity index (χ1) is 8.51. The lowest BCUT2D eigenvalue weighted by Gasteiger charge is -2.38. The summed E-state index contributed by atoms with van der Waals surface area (Å²) in [4.78, 5) is 23.4. The first kappa shape index (κ1) is 13.4. The summed E-state index contributed by atoms with van der Waals surface area (Å²) in [6.07, 6.45) is 0.262. The summed E-state index contributed by atoms with van der Waals surface area (Å²) in [6.45, 7) is 2.00. The van der Waals surface area contributed by atoms with Crippen LogP contribution in [0.1, 0.15) is 25.3 Å². The third-order valence-corrected chi connectivity index (χ3v) is 3.95. The molecule has 0 aliphatic heterocycles. The number of rotatable bonds is 3. The first-order valence-corrected chi connectivity index (χ1v) is 6.40. The number of ether oxygens (including phenoxy) is 1. The molecular formula is C13H12Cl2O3. The highest BCUT2D eigenvalue weighted by molar-refractivity contribution is 6.42. The number of hydrogen-bond acceptors (Lipinski definition) is 3. The standard InChI is InChI=1S/C13H12Cl2O3/c1-2-18-12(17)13(6-8(16)7-13)9-4-3-5-10(14)11(9)15/h3-5H,2,6-7H2,1H3. The highest BCUT2D eigenvalue weighted by Gasteiger charge is 2.53. The molecular weight excluding hydrogens is 275 g/mol. The van der Waals surface area contributed by atoms with Gasteiger partial charge in [0.1, 0.15) is 11.2 Å². The normalized spacial score (nSPS) is 17.2. The molecule has 0 unspecified atom stereocenters. The number of hydrogen-bond donors (Lipinski definition) is 0. The lowest BCUT2D eigenvalue weighted by atomic mass is 9.63. The number of esters is 1. The van der Waals surface area contributed by atoms with Crippen LogP contribution in [0.3, 0.4) is 0 Å². The van der Waals surface area contributed by atoms with E-state index in [0.29, 0.717) is 15.6 Å². The van der Waals surface area contributed by atoms with Gasteiger partial charge >= 0.3 is 5.97 Å². The van der Waals surface area contributed by atoms with Gasteiger partial charge in [-0.05, 0) is 18.6 Å². The lowest BCUT2D eigenvalue weighted by molar-refractivity contribution is -0.158. The second-order valence-corrected chi connectivity index (χ2v) is 5.08. The molecule has 18 heavy (non-hydrogen) atoms. The van der Waals surface area contributed by atoms with E-state index >= 15 is 0 Å². The smallest absolute Gasteiger partial charge is 0.317 e. The number of carbonyl (C=O) groups excluding carboxylic acids is 2. The van der Waals surface area contributed by atoms with Crippen molar-refractivity contribution in [2.24, 2.45) is 0 Å². The van der Waals surface area contributed by atoms with Crippen molar-refractivity contribution in [1.29, 1.82) is 0 Å². The van der Waals surface area contributed by atoms with Crippen molar-refractivity contribution in [2.75, 3.05) is 6.61 Å². The highest BCUT2D eigenvalue weighted by Crippen LogP contribution is 2.46. The molecule has 1 aromatic carbocycles. The fraction of sp³-hybridized carbons (Fsp3) is 0.385. The summed E-state index contributed by atoms with van der Waals surface area (Å²) in [5.41, 5.74) is -0.371. The molecule has 0 N–H and O–H groups in total. The van der Waals surface area contributed by atoms with Gasteiger partial charge in [-0.15, -0.1) is 0 Å². The fourth-order valence-corrected chi connectivity index (χ4v) is 2.69. The molecule has 0 amide bonds.